The fraction of sp³-hybridized carbons (Fsp3) is 0.625. The Balaban J connectivity index is 2.21. The molecule has 2 rings (SSSR count). The minimum absolute atomic E-state index is 0.0600. The van der Waals surface area contributed by atoms with Gasteiger partial charge in [-0.25, -0.2) is 0 Å². The normalized spacial score (nSPS) is 17.8. The second-order valence-corrected chi connectivity index (χ2v) is 5.93. The van der Waals surface area contributed by atoms with Crippen LogP contribution in [-0.4, -0.2) is 17.3 Å². The van der Waals surface area contributed by atoms with Gasteiger partial charge in [-0.2, -0.15) is 0 Å². The summed E-state index contributed by atoms with van der Waals surface area (Å²) in [5.41, 5.74) is 8.39. The van der Waals surface area contributed by atoms with Crippen LogP contribution in [0.25, 0.3) is 0 Å². The molecule has 1 aliphatic rings. The van der Waals surface area contributed by atoms with Crippen molar-refractivity contribution in [3.8, 4) is 0 Å². The maximum Gasteiger partial charge on any atom is 0.0648 e. The van der Waals surface area contributed by atoms with E-state index in [4.69, 9.17) is 5.73 Å². The average Bonchev–Trinajstić information content (AvgIpc) is 2.77. The van der Waals surface area contributed by atoms with E-state index >= 15 is 0 Å². The molecule has 2 nitrogen and oxygen atoms in total. The first-order valence-corrected chi connectivity index (χ1v) is 7.06. The van der Waals surface area contributed by atoms with Gasteiger partial charge < -0.3 is 10.8 Å². The molecule has 0 radical (unpaired) electrons. The Morgan fingerprint density at radius 3 is 2.06 bits per heavy atom. The van der Waals surface area contributed by atoms with Crippen LogP contribution in [0.5, 0.6) is 0 Å². The van der Waals surface area contributed by atoms with Gasteiger partial charge in [0.1, 0.15) is 0 Å². The number of aliphatic hydroxyl groups is 1. The van der Waals surface area contributed by atoms with Crippen LogP contribution in [0.3, 0.4) is 0 Å². The van der Waals surface area contributed by atoms with Crippen molar-refractivity contribution in [3.63, 3.8) is 0 Å². The monoisotopic (exact) mass is 247 g/mol. The highest BCUT2D eigenvalue weighted by Crippen LogP contribution is 2.43. The topological polar surface area (TPSA) is 46.2 Å². The van der Waals surface area contributed by atoms with Gasteiger partial charge in [-0.3, -0.25) is 0 Å². The first kappa shape index (κ1) is 13.6. The van der Waals surface area contributed by atoms with Gasteiger partial charge in [0.15, 0.2) is 0 Å². The highest BCUT2D eigenvalue weighted by Gasteiger charge is 2.41. The quantitative estimate of drug-likeness (QED) is 0.840. The summed E-state index contributed by atoms with van der Waals surface area (Å²) in [5, 5.41) is 10.6. The fourth-order valence-electron chi connectivity index (χ4n) is 3.31. The largest absolute Gasteiger partial charge is 0.390 e. The summed E-state index contributed by atoms with van der Waals surface area (Å²) in [4.78, 5) is 0. The van der Waals surface area contributed by atoms with Crippen LogP contribution in [0.1, 0.15) is 44.2 Å². The van der Waals surface area contributed by atoms with Crippen molar-refractivity contribution >= 4 is 0 Å². The summed E-state index contributed by atoms with van der Waals surface area (Å²) in [7, 11) is 0. The molecule has 18 heavy (non-hydrogen) atoms. The Hall–Kier alpha value is -0.860. The van der Waals surface area contributed by atoms with Crippen LogP contribution in [-0.2, 0) is 12.8 Å². The molecule has 0 saturated heterocycles. The van der Waals surface area contributed by atoms with Gasteiger partial charge >= 0.3 is 0 Å². The van der Waals surface area contributed by atoms with E-state index in [9.17, 15) is 5.11 Å². The molecule has 100 valence electrons. The first-order valence-electron chi connectivity index (χ1n) is 7.06. The number of fused-ring (bicyclic) bond motifs is 1. The first-order chi connectivity index (χ1) is 8.56. The zero-order chi connectivity index (χ0) is 13.2. The molecular weight excluding hydrogens is 222 g/mol. The molecular formula is C16H25NO. The van der Waals surface area contributed by atoms with E-state index in [0.717, 1.165) is 32.1 Å². The van der Waals surface area contributed by atoms with Crippen molar-refractivity contribution in [2.75, 3.05) is 6.54 Å². The number of rotatable bonds is 5. The van der Waals surface area contributed by atoms with Crippen LogP contribution in [0.15, 0.2) is 24.3 Å². The second-order valence-electron chi connectivity index (χ2n) is 5.93. The molecule has 0 bridgehead atoms. The molecule has 0 heterocycles. The van der Waals surface area contributed by atoms with E-state index in [1.807, 2.05) is 0 Å². The summed E-state index contributed by atoms with van der Waals surface area (Å²) in [5.74, 6) is 0. The molecule has 0 spiro atoms. The van der Waals surface area contributed by atoms with Crippen LogP contribution in [0.2, 0.25) is 0 Å². The predicted octanol–water partition coefficient (Wildman–Crippen LogP) is 2.67. The maximum atomic E-state index is 10.6. The molecule has 1 aromatic rings. The van der Waals surface area contributed by atoms with Gasteiger partial charge in [0.2, 0.25) is 0 Å². The molecule has 0 atom stereocenters. The molecule has 1 aliphatic carbocycles. The Morgan fingerprint density at radius 1 is 1.17 bits per heavy atom. The lowest BCUT2D eigenvalue weighted by Gasteiger charge is -2.37. The van der Waals surface area contributed by atoms with E-state index in [2.05, 4.69) is 38.1 Å². The minimum Gasteiger partial charge on any atom is -0.390 e. The van der Waals surface area contributed by atoms with Crippen LogP contribution in [0, 0.1) is 5.41 Å². The van der Waals surface area contributed by atoms with E-state index in [1.165, 1.54) is 11.1 Å². The summed E-state index contributed by atoms with van der Waals surface area (Å²) in [6, 6.07) is 8.59. The Labute approximate surface area is 110 Å². The Bertz CT molecular complexity index is 384. The summed E-state index contributed by atoms with van der Waals surface area (Å²) < 4.78 is 0. The van der Waals surface area contributed by atoms with Gasteiger partial charge in [0, 0.05) is 0 Å². The smallest absolute Gasteiger partial charge is 0.0648 e. The van der Waals surface area contributed by atoms with Crippen LogP contribution < -0.4 is 5.73 Å². The second kappa shape index (κ2) is 5.02. The maximum absolute atomic E-state index is 10.6. The third kappa shape index (κ3) is 2.45. The van der Waals surface area contributed by atoms with Crippen LogP contribution in [0.4, 0.5) is 0 Å². The molecule has 0 aromatic heterocycles. The van der Waals surface area contributed by atoms with E-state index in [-0.39, 0.29) is 5.41 Å². The summed E-state index contributed by atoms with van der Waals surface area (Å²) >= 11 is 0. The number of nitrogens with two attached hydrogens (primary N) is 1. The number of hydrogen-bond acceptors (Lipinski definition) is 2. The lowest BCUT2D eigenvalue weighted by molar-refractivity contribution is -0.0137. The van der Waals surface area contributed by atoms with Gasteiger partial charge in [0.05, 0.1) is 5.60 Å². The van der Waals surface area contributed by atoms with Crippen LogP contribution >= 0.6 is 0 Å². The summed E-state index contributed by atoms with van der Waals surface area (Å²) in [6.07, 6.45) is 4.46. The van der Waals surface area contributed by atoms with Crippen molar-refractivity contribution in [1.82, 2.24) is 0 Å². The molecule has 0 saturated carbocycles. The summed E-state index contributed by atoms with van der Waals surface area (Å²) in [6.45, 7) is 4.79. The highest BCUT2D eigenvalue weighted by atomic mass is 16.3. The fourth-order valence-corrected chi connectivity index (χ4v) is 3.31. The van der Waals surface area contributed by atoms with E-state index in [1.54, 1.807) is 0 Å². The number of hydrogen-bond donors (Lipinski definition) is 2. The minimum atomic E-state index is -0.554. The van der Waals surface area contributed by atoms with E-state index < -0.39 is 5.60 Å². The van der Waals surface area contributed by atoms with Gasteiger partial charge in [-0.1, -0.05) is 38.1 Å². The molecule has 0 fully saturated rings. The van der Waals surface area contributed by atoms with Gasteiger partial charge in [-0.15, -0.1) is 0 Å². The van der Waals surface area contributed by atoms with E-state index in [0.29, 0.717) is 6.54 Å². The third-order valence-corrected chi connectivity index (χ3v) is 4.70. The van der Waals surface area contributed by atoms with Crippen molar-refractivity contribution < 1.29 is 5.11 Å². The lowest BCUT2D eigenvalue weighted by Crippen LogP contribution is -2.41. The zero-order valence-electron chi connectivity index (χ0n) is 11.6. The number of benzene rings is 1. The van der Waals surface area contributed by atoms with Crippen molar-refractivity contribution in [1.29, 1.82) is 0 Å². The predicted molar refractivity (Wildman–Crippen MR) is 75.5 cm³/mol. The third-order valence-electron chi connectivity index (χ3n) is 4.70. The molecule has 0 unspecified atom stereocenters. The Morgan fingerprint density at radius 2 is 1.67 bits per heavy atom. The highest BCUT2D eigenvalue weighted by molar-refractivity contribution is 5.34. The Kier molecular flexibility index (Phi) is 3.79. The standard InChI is InChI=1S/C16H25NO/c1-3-16(18,4-2)11-15(12-17)9-13-7-5-6-8-14(13)10-15/h5-8,18H,3-4,9-12,17H2,1-2H3. The van der Waals surface area contributed by atoms with Gasteiger partial charge in [-0.05, 0) is 55.2 Å². The van der Waals surface area contributed by atoms with Gasteiger partial charge in [0.25, 0.3) is 0 Å². The zero-order valence-corrected chi connectivity index (χ0v) is 11.6. The van der Waals surface area contributed by atoms with Crippen molar-refractivity contribution in [2.45, 2.75) is 51.6 Å². The molecule has 0 amide bonds. The molecule has 1 aromatic carbocycles. The molecule has 0 aliphatic heterocycles. The lowest BCUT2D eigenvalue weighted by atomic mass is 9.73. The average molecular weight is 247 g/mol. The molecule has 2 heteroatoms. The van der Waals surface area contributed by atoms with Crippen molar-refractivity contribution in [3.05, 3.63) is 35.4 Å². The molecule has 3 N–H and O–H groups in total. The SMILES string of the molecule is CCC(O)(CC)CC1(CN)Cc2ccccc2C1. The van der Waals surface area contributed by atoms with Crippen molar-refractivity contribution in [2.24, 2.45) is 11.1 Å².